The summed E-state index contributed by atoms with van der Waals surface area (Å²) in [6, 6.07) is 37.1. The van der Waals surface area contributed by atoms with Crippen molar-refractivity contribution in [2.45, 2.75) is 31.8 Å². The normalized spacial score (nSPS) is 16.8. The fourth-order valence-corrected chi connectivity index (χ4v) is 5.65. The van der Waals surface area contributed by atoms with Gasteiger partial charge in [0, 0.05) is 37.9 Å². The zero-order valence-corrected chi connectivity index (χ0v) is 22.9. The fourth-order valence-electron chi connectivity index (χ4n) is 5.65. The van der Waals surface area contributed by atoms with E-state index in [0.29, 0.717) is 13.0 Å². The predicted octanol–water partition coefficient (Wildman–Crippen LogP) is 6.55. The number of carbonyl (C=O) groups excluding carboxylic acids is 1. The molecule has 0 bridgehead atoms. The van der Waals surface area contributed by atoms with E-state index in [0.717, 1.165) is 47.1 Å². The number of anilines is 1. The van der Waals surface area contributed by atoms with Crippen LogP contribution in [0.15, 0.2) is 114 Å². The summed E-state index contributed by atoms with van der Waals surface area (Å²) in [5.41, 5.74) is 6.41. The van der Waals surface area contributed by atoms with Gasteiger partial charge in [-0.05, 0) is 47.7 Å². The van der Waals surface area contributed by atoms with E-state index in [9.17, 15) is 4.79 Å². The summed E-state index contributed by atoms with van der Waals surface area (Å²) in [7, 11) is 2.09. The van der Waals surface area contributed by atoms with Gasteiger partial charge in [-0.25, -0.2) is 10.0 Å². The Morgan fingerprint density at radius 2 is 1.45 bits per heavy atom. The number of nitrogens with one attached hydrogen (secondary N) is 1. The van der Waals surface area contributed by atoms with Gasteiger partial charge in [-0.15, -0.1) is 0 Å². The van der Waals surface area contributed by atoms with E-state index in [1.807, 2.05) is 48.5 Å². The first-order chi connectivity index (χ1) is 19.7. The number of amides is 1. The minimum absolute atomic E-state index is 0.0136. The highest BCUT2D eigenvalue weighted by molar-refractivity contribution is 6.01. The third kappa shape index (κ3) is 5.49. The van der Waals surface area contributed by atoms with Crippen LogP contribution in [0, 0.1) is 0 Å². The van der Waals surface area contributed by atoms with E-state index in [1.54, 1.807) is 0 Å². The Bertz CT molecular complexity index is 1460. The molecule has 4 aromatic carbocycles. The smallest absolute Gasteiger partial charge is 0.222 e. The molecule has 1 saturated heterocycles. The molecule has 0 aromatic heterocycles. The lowest BCUT2D eigenvalue weighted by molar-refractivity contribution is -0.121. The predicted molar refractivity (Wildman–Crippen MR) is 162 cm³/mol. The van der Waals surface area contributed by atoms with Crippen LogP contribution in [0.1, 0.15) is 36.4 Å². The lowest BCUT2D eigenvalue weighted by Crippen LogP contribution is -2.53. The summed E-state index contributed by atoms with van der Waals surface area (Å²) < 4.78 is 0. The number of aliphatic imine (C=N–C) groups is 1. The monoisotopic (exact) mass is 529 g/mol. The van der Waals surface area contributed by atoms with Gasteiger partial charge in [0.15, 0.2) is 0 Å². The van der Waals surface area contributed by atoms with Gasteiger partial charge in [-0.2, -0.15) is 0 Å². The molecule has 2 heterocycles. The molecular weight excluding hydrogens is 494 g/mol. The van der Waals surface area contributed by atoms with E-state index < -0.39 is 0 Å². The molecule has 1 unspecified atom stereocenters. The van der Waals surface area contributed by atoms with E-state index >= 15 is 0 Å². The third-order valence-electron chi connectivity index (χ3n) is 7.80. The van der Waals surface area contributed by atoms with Crippen LogP contribution in [0.25, 0.3) is 11.1 Å². The van der Waals surface area contributed by atoms with Crippen LogP contribution < -0.4 is 10.2 Å². The van der Waals surface area contributed by atoms with Crippen LogP contribution in [0.5, 0.6) is 0 Å². The largest absolute Gasteiger partial charge is 0.352 e. The molecule has 40 heavy (non-hydrogen) atoms. The number of para-hydroxylation sites is 1. The van der Waals surface area contributed by atoms with Crippen molar-refractivity contribution in [3.05, 3.63) is 120 Å². The summed E-state index contributed by atoms with van der Waals surface area (Å²) in [5.74, 6) is 0.855. The maximum atomic E-state index is 13.4. The molecule has 2 aliphatic heterocycles. The molecule has 202 valence electrons. The second-order valence-corrected chi connectivity index (χ2v) is 10.4. The number of hydrogen-bond donors (Lipinski definition) is 1. The average molecular weight is 530 g/mol. The second kappa shape index (κ2) is 11.8. The van der Waals surface area contributed by atoms with Crippen LogP contribution >= 0.6 is 0 Å². The van der Waals surface area contributed by atoms with Gasteiger partial charge in [0.25, 0.3) is 0 Å². The quantitative estimate of drug-likeness (QED) is 0.295. The SMILES string of the molecule is CN(C1=Nc2ccccc2C(CC(=O)NCc2ccccc2)N1c1ccc(-c2ccccc2)cc1)N1CCCC1. The second-order valence-electron chi connectivity index (χ2n) is 10.4. The summed E-state index contributed by atoms with van der Waals surface area (Å²) in [4.78, 5) is 20.9. The minimum Gasteiger partial charge on any atom is -0.352 e. The molecule has 6 heteroatoms. The number of benzene rings is 4. The highest BCUT2D eigenvalue weighted by Crippen LogP contribution is 2.41. The van der Waals surface area contributed by atoms with E-state index in [2.05, 4.69) is 87.9 Å². The van der Waals surface area contributed by atoms with Crippen molar-refractivity contribution in [3.8, 4) is 11.1 Å². The van der Waals surface area contributed by atoms with E-state index in [-0.39, 0.29) is 11.9 Å². The molecule has 0 spiro atoms. The van der Waals surface area contributed by atoms with Crippen LogP contribution in [-0.4, -0.2) is 42.0 Å². The lowest BCUT2D eigenvalue weighted by atomic mass is 9.96. The summed E-state index contributed by atoms with van der Waals surface area (Å²) in [5, 5.41) is 7.68. The van der Waals surface area contributed by atoms with E-state index in [4.69, 9.17) is 4.99 Å². The van der Waals surface area contributed by atoms with Crippen molar-refractivity contribution >= 4 is 23.2 Å². The molecule has 2 aliphatic rings. The van der Waals surface area contributed by atoms with Crippen molar-refractivity contribution in [2.24, 2.45) is 4.99 Å². The van der Waals surface area contributed by atoms with Gasteiger partial charge >= 0.3 is 0 Å². The molecule has 6 nitrogen and oxygen atoms in total. The Labute approximate surface area is 236 Å². The first-order valence-electron chi connectivity index (χ1n) is 14.1. The Morgan fingerprint density at radius 3 is 2.17 bits per heavy atom. The van der Waals surface area contributed by atoms with Crippen molar-refractivity contribution in [1.29, 1.82) is 0 Å². The maximum Gasteiger partial charge on any atom is 0.222 e. The highest BCUT2D eigenvalue weighted by Gasteiger charge is 2.36. The lowest BCUT2D eigenvalue weighted by Gasteiger charge is -2.43. The van der Waals surface area contributed by atoms with Gasteiger partial charge in [-0.3, -0.25) is 9.80 Å². The van der Waals surface area contributed by atoms with Crippen molar-refractivity contribution < 1.29 is 4.79 Å². The van der Waals surface area contributed by atoms with Crippen LogP contribution in [0.2, 0.25) is 0 Å². The summed E-state index contributed by atoms with van der Waals surface area (Å²) in [6.45, 7) is 2.51. The van der Waals surface area contributed by atoms with Gasteiger partial charge in [0.1, 0.15) is 0 Å². The van der Waals surface area contributed by atoms with Gasteiger partial charge < -0.3 is 10.2 Å². The Morgan fingerprint density at radius 1 is 0.825 bits per heavy atom. The van der Waals surface area contributed by atoms with E-state index in [1.165, 1.54) is 18.4 Å². The van der Waals surface area contributed by atoms with Crippen molar-refractivity contribution in [3.63, 3.8) is 0 Å². The Hall–Kier alpha value is -4.42. The minimum atomic E-state index is -0.202. The molecule has 0 saturated carbocycles. The molecule has 6 rings (SSSR count). The summed E-state index contributed by atoms with van der Waals surface area (Å²) >= 11 is 0. The summed E-state index contributed by atoms with van der Waals surface area (Å²) in [6.07, 6.45) is 2.66. The number of nitrogens with zero attached hydrogens (tertiary/aromatic N) is 4. The Balaban J connectivity index is 1.36. The Kier molecular flexibility index (Phi) is 7.60. The number of guanidine groups is 1. The van der Waals surface area contributed by atoms with Crippen LogP contribution in [-0.2, 0) is 11.3 Å². The molecule has 1 amide bonds. The fraction of sp³-hybridized carbons (Fsp3) is 0.235. The number of fused-ring (bicyclic) bond motifs is 1. The number of hydrazine groups is 1. The highest BCUT2D eigenvalue weighted by atomic mass is 16.1. The van der Waals surface area contributed by atoms with Crippen molar-refractivity contribution in [1.82, 2.24) is 15.3 Å². The molecular formula is C34H35N5O. The molecule has 1 atom stereocenters. The molecule has 0 radical (unpaired) electrons. The molecule has 1 N–H and O–H groups in total. The first kappa shape index (κ1) is 25.8. The van der Waals surface area contributed by atoms with Crippen LogP contribution in [0.4, 0.5) is 11.4 Å². The number of carbonyl (C=O) groups is 1. The third-order valence-corrected chi connectivity index (χ3v) is 7.80. The van der Waals surface area contributed by atoms with Crippen LogP contribution in [0.3, 0.4) is 0 Å². The average Bonchev–Trinajstić information content (AvgIpc) is 3.56. The maximum absolute atomic E-state index is 13.4. The van der Waals surface area contributed by atoms with Gasteiger partial charge in [-0.1, -0.05) is 91.0 Å². The number of hydrogen-bond acceptors (Lipinski definition) is 5. The zero-order valence-electron chi connectivity index (χ0n) is 22.9. The molecule has 4 aromatic rings. The standard InChI is InChI=1S/C34H35N5O/c1-37(38-22-10-11-23-38)34-36-31-17-9-8-16-30(31)32(24-33(40)35-25-26-12-4-2-5-13-26)39(34)29-20-18-28(19-21-29)27-14-6-3-7-15-27/h2-9,12-21,32H,10-11,22-25H2,1H3,(H,35,40). The topological polar surface area (TPSA) is 51.2 Å². The first-order valence-corrected chi connectivity index (χ1v) is 14.1. The zero-order chi connectivity index (χ0) is 27.3. The van der Waals surface area contributed by atoms with Crippen molar-refractivity contribution in [2.75, 3.05) is 25.0 Å². The molecule has 1 fully saturated rings. The molecule has 0 aliphatic carbocycles. The van der Waals surface area contributed by atoms with Gasteiger partial charge in [0.05, 0.1) is 18.2 Å². The number of rotatable bonds is 7. The van der Waals surface area contributed by atoms with Gasteiger partial charge in [0.2, 0.25) is 11.9 Å².